The lowest BCUT2D eigenvalue weighted by Gasteiger charge is -2.11. The highest BCUT2D eigenvalue weighted by molar-refractivity contribution is 5.79. The minimum atomic E-state index is -0.393. The van der Waals surface area contributed by atoms with Crippen LogP contribution in [-0.4, -0.2) is 25.1 Å². The summed E-state index contributed by atoms with van der Waals surface area (Å²) >= 11 is 0. The van der Waals surface area contributed by atoms with Crippen LogP contribution in [0.2, 0.25) is 0 Å². The molecule has 3 rings (SSSR count). The number of nitrogens with zero attached hydrogens (tertiary/aromatic N) is 2. The van der Waals surface area contributed by atoms with Crippen molar-refractivity contribution >= 4 is 5.96 Å². The summed E-state index contributed by atoms with van der Waals surface area (Å²) in [6.45, 7) is 2.91. The molecule has 0 unspecified atom stereocenters. The number of hydrogen-bond donors (Lipinski definition) is 2. The van der Waals surface area contributed by atoms with Crippen LogP contribution < -0.4 is 15.4 Å². The Balaban J connectivity index is 1.54. The number of nitrogens with one attached hydrogen (secondary N) is 2. The van der Waals surface area contributed by atoms with Crippen molar-refractivity contribution in [2.45, 2.75) is 20.0 Å². The largest absolute Gasteiger partial charge is 0.494 e. The number of guanidine groups is 1. The van der Waals surface area contributed by atoms with Crippen molar-refractivity contribution in [1.29, 1.82) is 0 Å². The zero-order valence-corrected chi connectivity index (χ0v) is 16.1. The Kier molecular flexibility index (Phi) is 6.26. The van der Waals surface area contributed by atoms with Crippen LogP contribution in [0.1, 0.15) is 16.8 Å². The van der Waals surface area contributed by atoms with Crippen molar-refractivity contribution in [2.75, 3.05) is 14.2 Å². The van der Waals surface area contributed by atoms with Crippen LogP contribution in [0.25, 0.3) is 11.5 Å². The number of methoxy groups -OCH3 is 1. The van der Waals surface area contributed by atoms with Gasteiger partial charge in [-0.3, -0.25) is 4.99 Å². The lowest BCUT2D eigenvalue weighted by Crippen LogP contribution is -2.36. The maximum absolute atomic E-state index is 13.8. The van der Waals surface area contributed by atoms with Gasteiger partial charge in [0.2, 0.25) is 5.89 Å². The molecule has 2 aromatic carbocycles. The Morgan fingerprint density at radius 1 is 1.14 bits per heavy atom. The molecule has 0 bridgehead atoms. The predicted molar refractivity (Wildman–Crippen MR) is 107 cm³/mol. The summed E-state index contributed by atoms with van der Waals surface area (Å²) in [4.78, 5) is 8.66. The first-order chi connectivity index (χ1) is 13.6. The zero-order chi connectivity index (χ0) is 19.9. The van der Waals surface area contributed by atoms with Crippen molar-refractivity contribution in [1.82, 2.24) is 15.6 Å². The van der Waals surface area contributed by atoms with Crippen LogP contribution in [0.15, 0.2) is 58.1 Å². The number of oxazole rings is 1. The lowest BCUT2D eigenvalue weighted by molar-refractivity contribution is 0.386. The second kappa shape index (κ2) is 9.03. The molecule has 7 heteroatoms. The fraction of sp³-hybridized carbons (Fsp3) is 0.238. The number of rotatable bonds is 6. The van der Waals surface area contributed by atoms with E-state index in [1.54, 1.807) is 25.4 Å². The third kappa shape index (κ3) is 4.88. The van der Waals surface area contributed by atoms with Crippen LogP contribution >= 0.6 is 0 Å². The van der Waals surface area contributed by atoms with Crippen molar-refractivity contribution in [3.63, 3.8) is 0 Å². The SMILES string of the molecule is CN=C(NCc1ccc(OC)c(F)c1)NCc1coc(-c2ccc(C)cc2)n1. The number of hydrogen-bond acceptors (Lipinski definition) is 4. The standard InChI is InChI=1S/C21H23FN4O2/c1-14-4-7-16(8-5-14)20-26-17(13-28-20)12-25-21(23-2)24-11-15-6-9-19(27-3)18(22)10-15/h4-10,13H,11-12H2,1-3H3,(H2,23,24,25). The molecule has 0 spiro atoms. The molecule has 0 amide bonds. The van der Waals surface area contributed by atoms with Crippen molar-refractivity contribution in [3.8, 4) is 17.2 Å². The van der Waals surface area contributed by atoms with Gasteiger partial charge < -0.3 is 19.8 Å². The number of aryl methyl sites for hydroxylation is 1. The summed E-state index contributed by atoms with van der Waals surface area (Å²) in [6.07, 6.45) is 1.62. The highest BCUT2D eigenvalue weighted by Crippen LogP contribution is 2.19. The van der Waals surface area contributed by atoms with E-state index in [1.165, 1.54) is 18.7 Å². The molecule has 28 heavy (non-hydrogen) atoms. The van der Waals surface area contributed by atoms with Crippen molar-refractivity contribution in [3.05, 3.63) is 71.4 Å². The Labute approximate surface area is 163 Å². The Bertz CT molecular complexity index is 951. The Hall–Kier alpha value is -3.35. The number of aliphatic imine (C=N–C) groups is 1. The number of aromatic nitrogens is 1. The second-order valence-electron chi connectivity index (χ2n) is 6.26. The van der Waals surface area contributed by atoms with Gasteiger partial charge in [0.1, 0.15) is 6.26 Å². The number of halogens is 1. The van der Waals surface area contributed by atoms with Gasteiger partial charge in [-0.1, -0.05) is 23.8 Å². The molecule has 0 aliphatic carbocycles. The molecule has 0 fully saturated rings. The van der Waals surface area contributed by atoms with E-state index in [9.17, 15) is 4.39 Å². The molecule has 3 aromatic rings. The molecule has 0 aliphatic heterocycles. The van der Waals surface area contributed by atoms with Gasteiger partial charge in [0.05, 0.1) is 19.3 Å². The van der Waals surface area contributed by atoms with Crippen LogP contribution in [0, 0.1) is 12.7 Å². The molecule has 0 radical (unpaired) electrons. The van der Waals surface area contributed by atoms with E-state index < -0.39 is 5.82 Å². The third-order valence-electron chi connectivity index (χ3n) is 4.19. The Morgan fingerprint density at radius 2 is 1.89 bits per heavy atom. The van der Waals surface area contributed by atoms with Crippen LogP contribution in [-0.2, 0) is 13.1 Å². The lowest BCUT2D eigenvalue weighted by atomic mass is 10.1. The van der Waals surface area contributed by atoms with E-state index >= 15 is 0 Å². The highest BCUT2D eigenvalue weighted by atomic mass is 19.1. The molecule has 0 saturated heterocycles. The Morgan fingerprint density at radius 3 is 2.57 bits per heavy atom. The first-order valence-corrected chi connectivity index (χ1v) is 8.87. The van der Waals surface area contributed by atoms with Crippen LogP contribution in [0.3, 0.4) is 0 Å². The van der Waals surface area contributed by atoms with Crippen LogP contribution in [0.5, 0.6) is 5.75 Å². The molecule has 1 heterocycles. The number of ether oxygens (including phenoxy) is 1. The normalized spacial score (nSPS) is 11.4. The van der Waals surface area contributed by atoms with Crippen molar-refractivity contribution in [2.24, 2.45) is 4.99 Å². The topological polar surface area (TPSA) is 71.7 Å². The summed E-state index contributed by atoms with van der Waals surface area (Å²) in [7, 11) is 3.11. The molecular weight excluding hydrogens is 359 g/mol. The van der Waals surface area contributed by atoms with Gasteiger partial charge in [0.15, 0.2) is 17.5 Å². The maximum atomic E-state index is 13.8. The van der Waals surface area contributed by atoms with E-state index in [4.69, 9.17) is 9.15 Å². The zero-order valence-electron chi connectivity index (χ0n) is 16.1. The van der Waals surface area contributed by atoms with Gasteiger partial charge in [-0.25, -0.2) is 9.37 Å². The fourth-order valence-corrected chi connectivity index (χ4v) is 2.62. The first-order valence-electron chi connectivity index (χ1n) is 8.87. The molecule has 0 saturated carbocycles. The molecule has 0 aliphatic rings. The average Bonchev–Trinajstić information content (AvgIpc) is 3.18. The maximum Gasteiger partial charge on any atom is 0.226 e. The molecule has 0 atom stereocenters. The molecule has 1 aromatic heterocycles. The minimum absolute atomic E-state index is 0.224. The molecule has 2 N–H and O–H groups in total. The smallest absolute Gasteiger partial charge is 0.226 e. The third-order valence-corrected chi connectivity index (χ3v) is 4.19. The van der Waals surface area contributed by atoms with Gasteiger partial charge in [0.25, 0.3) is 0 Å². The summed E-state index contributed by atoms with van der Waals surface area (Å²) in [5, 5.41) is 6.30. The monoisotopic (exact) mass is 382 g/mol. The summed E-state index contributed by atoms with van der Waals surface area (Å²) in [5.41, 5.74) is 3.66. The van der Waals surface area contributed by atoms with Crippen LogP contribution in [0.4, 0.5) is 4.39 Å². The first kappa shape index (κ1) is 19.4. The van der Waals surface area contributed by atoms with E-state index in [0.29, 0.717) is 24.9 Å². The number of benzene rings is 2. The average molecular weight is 382 g/mol. The van der Waals surface area contributed by atoms with Gasteiger partial charge in [-0.05, 0) is 36.8 Å². The van der Waals surface area contributed by atoms with Gasteiger partial charge in [-0.2, -0.15) is 0 Å². The van der Waals surface area contributed by atoms with Gasteiger partial charge in [-0.15, -0.1) is 0 Å². The van der Waals surface area contributed by atoms with E-state index in [2.05, 4.69) is 20.6 Å². The van der Waals surface area contributed by atoms with Gasteiger partial charge in [0, 0.05) is 19.2 Å². The van der Waals surface area contributed by atoms with E-state index in [1.807, 2.05) is 31.2 Å². The summed E-state index contributed by atoms with van der Waals surface area (Å²) < 4.78 is 24.3. The van der Waals surface area contributed by atoms with E-state index in [-0.39, 0.29) is 5.75 Å². The predicted octanol–water partition coefficient (Wildman–Crippen LogP) is 3.66. The summed E-state index contributed by atoms with van der Waals surface area (Å²) in [6, 6.07) is 12.8. The molecule has 146 valence electrons. The minimum Gasteiger partial charge on any atom is -0.494 e. The fourth-order valence-electron chi connectivity index (χ4n) is 2.62. The van der Waals surface area contributed by atoms with E-state index in [0.717, 1.165) is 16.8 Å². The second-order valence-corrected chi connectivity index (χ2v) is 6.26. The highest BCUT2D eigenvalue weighted by Gasteiger charge is 2.08. The molecule has 6 nitrogen and oxygen atoms in total. The quantitative estimate of drug-likeness (QED) is 0.503. The summed E-state index contributed by atoms with van der Waals surface area (Å²) in [5.74, 6) is 0.988. The molecular formula is C21H23FN4O2. The van der Waals surface area contributed by atoms with Gasteiger partial charge >= 0.3 is 0 Å². The van der Waals surface area contributed by atoms with Crippen molar-refractivity contribution < 1.29 is 13.5 Å².